The van der Waals surface area contributed by atoms with Crippen LogP contribution in [0.4, 0.5) is 0 Å². The summed E-state index contributed by atoms with van der Waals surface area (Å²) in [6.45, 7) is 7.26. The van der Waals surface area contributed by atoms with Crippen LogP contribution in [0.5, 0.6) is 0 Å². The van der Waals surface area contributed by atoms with Crippen molar-refractivity contribution >= 4 is 0 Å². The molecule has 1 heteroatoms. The Morgan fingerprint density at radius 1 is 0.145 bits per heavy atom. The van der Waals surface area contributed by atoms with Gasteiger partial charge in [-0.2, -0.15) is 0 Å². The molecule has 0 radical (unpaired) electrons. The lowest BCUT2D eigenvalue weighted by molar-refractivity contribution is 0.314. The van der Waals surface area contributed by atoms with Crippen molar-refractivity contribution in [3.8, 4) is 0 Å². The fraction of sp³-hybridized carbons (Fsp3) is 1.00. The van der Waals surface area contributed by atoms with Crippen molar-refractivity contribution in [1.82, 2.24) is 4.90 Å². The molecule has 1 nitrogen and oxygen atoms in total. The van der Waals surface area contributed by atoms with E-state index in [9.17, 15) is 0 Å². The second-order valence-electron chi connectivity index (χ2n) is 21.4. The van der Waals surface area contributed by atoms with Gasteiger partial charge in [0.25, 0.3) is 0 Å². The predicted octanol–water partition coefficient (Wildman–Crippen LogP) is 22.8. The monoisotopic (exact) mass is 872 g/mol. The molecule has 0 aliphatic heterocycles. The highest BCUT2D eigenvalue weighted by Crippen LogP contribution is 2.19. The van der Waals surface area contributed by atoms with Crippen molar-refractivity contribution in [3.63, 3.8) is 0 Å². The summed E-state index contributed by atoms with van der Waals surface area (Å²) in [5.74, 6) is 0. The minimum atomic E-state index is 1.32. The average Bonchev–Trinajstić information content (AvgIpc) is 3.28. The third kappa shape index (κ3) is 58.0. The van der Waals surface area contributed by atoms with Gasteiger partial charge in [0.15, 0.2) is 0 Å². The van der Waals surface area contributed by atoms with E-state index < -0.39 is 0 Å². The molecule has 374 valence electrons. The van der Waals surface area contributed by atoms with Crippen molar-refractivity contribution in [2.45, 2.75) is 373 Å². The summed E-state index contributed by atoms with van der Waals surface area (Å²) in [5, 5.41) is 0. The second-order valence-corrected chi connectivity index (χ2v) is 21.4. The molecule has 0 aliphatic carbocycles. The predicted molar refractivity (Wildman–Crippen MR) is 287 cm³/mol. The first-order valence-electron chi connectivity index (χ1n) is 30.5. The van der Waals surface area contributed by atoms with E-state index in [-0.39, 0.29) is 0 Å². The molecule has 0 aliphatic rings. The molecule has 0 N–H and O–H groups in total. The van der Waals surface area contributed by atoms with E-state index in [4.69, 9.17) is 0 Å². The molecule has 0 rings (SSSR count). The summed E-state index contributed by atoms with van der Waals surface area (Å²) in [7, 11) is 2.36. The number of hydrogen-bond donors (Lipinski definition) is 0. The average molecular weight is 873 g/mol. The van der Waals surface area contributed by atoms with Crippen LogP contribution in [0.3, 0.4) is 0 Å². The summed E-state index contributed by atoms with van der Waals surface area (Å²) in [6.07, 6.45) is 82.8. The summed E-state index contributed by atoms with van der Waals surface area (Å²) in [5.41, 5.74) is 0. The van der Waals surface area contributed by atoms with E-state index in [0.29, 0.717) is 0 Å². The standard InChI is InChI=1S/C61H125N/c1-4-6-8-10-12-14-16-18-20-22-24-26-28-30-32-34-36-38-40-42-44-46-48-50-52-54-56-58-60-62(3)61-59-57-55-53-51-49-47-45-43-41-39-37-35-33-31-29-27-25-23-21-19-17-15-13-11-9-7-5-2/h4-61H2,1-3H3. The zero-order valence-corrected chi connectivity index (χ0v) is 44.5. The van der Waals surface area contributed by atoms with E-state index >= 15 is 0 Å². The van der Waals surface area contributed by atoms with Gasteiger partial charge < -0.3 is 4.90 Å². The van der Waals surface area contributed by atoms with Gasteiger partial charge in [0.2, 0.25) is 0 Å². The first-order chi connectivity index (χ1) is 30.8. The fourth-order valence-corrected chi connectivity index (χ4v) is 10.2. The third-order valence-corrected chi connectivity index (χ3v) is 14.8. The van der Waals surface area contributed by atoms with E-state index in [0.717, 1.165) is 0 Å². The molecule has 0 saturated heterocycles. The van der Waals surface area contributed by atoms with Crippen molar-refractivity contribution in [2.24, 2.45) is 0 Å². The summed E-state index contributed by atoms with van der Waals surface area (Å²) >= 11 is 0. The minimum absolute atomic E-state index is 1.32. The first-order valence-corrected chi connectivity index (χ1v) is 30.5. The molecule has 0 aromatic heterocycles. The fourth-order valence-electron chi connectivity index (χ4n) is 10.2. The van der Waals surface area contributed by atoms with Crippen LogP contribution >= 0.6 is 0 Å². The van der Waals surface area contributed by atoms with Gasteiger partial charge in [0.1, 0.15) is 0 Å². The van der Waals surface area contributed by atoms with Crippen LogP contribution in [0.15, 0.2) is 0 Å². The Morgan fingerprint density at radius 2 is 0.242 bits per heavy atom. The molecule has 0 unspecified atom stereocenters. The maximum Gasteiger partial charge on any atom is -0.00218 e. The van der Waals surface area contributed by atoms with Crippen LogP contribution in [0.1, 0.15) is 373 Å². The van der Waals surface area contributed by atoms with Crippen LogP contribution < -0.4 is 0 Å². The molecule has 0 spiro atoms. The van der Waals surface area contributed by atoms with Crippen molar-refractivity contribution in [3.05, 3.63) is 0 Å². The van der Waals surface area contributed by atoms with E-state index in [1.807, 2.05) is 0 Å². The zero-order chi connectivity index (χ0) is 44.6. The summed E-state index contributed by atoms with van der Waals surface area (Å²) < 4.78 is 0. The quantitative estimate of drug-likeness (QED) is 0.0551. The van der Waals surface area contributed by atoms with Gasteiger partial charge in [-0.05, 0) is 33.0 Å². The maximum atomic E-state index is 2.61. The molecule has 62 heavy (non-hydrogen) atoms. The Labute approximate surface area is 396 Å². The SMILES string of the molecule is CCCCCCCCCCCCCCCCCCCCCCCCCCCCCCN(C)CCCCCCCCCCCCCCCCCCCCCCCCCCCCCC. The molecule has 0 fully saturated rings. The van der Waals surface area contributed by atoms with Crippen molar-refractivity contribution < 1.29 is 0 Å². The molecule has 0 saturated carbocycles. The Bertz CT molecular complexity index is 671. The van der Waals surface area contributed by atoms with Gasteiger partial charge in [0, 0.05) is 0 Å². The molecular weight excluding hydrogens is 747 g/mol. The highest BCUT2D eigenvalue weighted by atomic mass is 15.1. The van der Waals surface area contributed by atoms with Gasteiger partial charge in [-0.3, -0.25) is 0 Å². The topological polar surface area (TPSA) is 3.24 Å². The third-order valence-electron chi connectivity index (χ3n) is 14.8. The lowest BCUT2D eigenvalue weighted by atomic mass is 10.0. The van der Waals surface area contributed by atoms with Crippen LogP contribution in [0.2, 0.25) is 0 Å². The first kappa shape index (κ1) is 62.0. The van der Waals surface area contributed by atoms with Crippen molar-refractivity contribution in [2.75, 3.05) is 20.1 Å². The number of rotatable bonds is 58. The smallest absolute Gasteiger partial charge is 0.00218 e. The molecule has 0 bridgehead atoms. The number of nitrogens with zero attached hydrogens (tertiary/aromatic N) is 1. The van der Waals surface area contributed by atoms with Gasteiger partial charge in [-0.25, -0.2) is 0 Å². The Balaban J connectivity index is 3.14. The van der Waals surface area contributed by atoms with Gasteiger partial charge in [-0.1, -0.05) is 361 Å². The van der Waals surface area contributed by atoms with E-state index in [2.05, 4.69) is 25.8 Å². The van der Waals surface area contributed by atoms with Gasteiger partial charge in [0.05, 0.1) is 0 Å². The number of hydrogen-bond acceptors (Lipinski definition) is 1. The van der Waals surface area contributed by atoms with E-state index in [1.54, 1.807) is 0 Å². The Morgan fingerprint density at radius 3 is 0.355 bits per heavy atom. The van der Waals surface area contributed by atoms with Gasteiger partial charge >= 0.3 is 0 Å². The zero-order valence-electron chi connectivity index (χ0n) is 44.5. The highest BCUT2D eigenvalue weighted by molar-refractivity contribution is 4.57. The Hall–Kier alpha value is -0.0400. The van der Waals surface area contributed by atoms with Gasteiger partial charge in [-0.15, -0.1) is 0 Å². The normalized spacial score (nSPS) is 11.8. The molecular formula is C61H125N. The Kier molecular flexibility index (Phi) is 58.9. The largest absolute Gasteiger partial charge is 0.306 e. The van der Waals surface area contributed by atoms with Crippen molar-refractivity contribution in [1.29, 1.82) is 0 Å². The molecule has 0 aromatic carbocycles. The van der Waals surface area contributed by atoms with Crippen LogP contribution in [0.25, 0.3) is 0 Å². The highest BCUT2D eigenvalue weighted by Gasteiger charge is 2.01. The van der Waals surface area contributed by atoms with Crippen LogP contribution in [0, 0.1) is 0 Å². The van der Waals surface area contributed by atoms with Crippen LogP contribution in [-0.4, -0.2) is 25.0 Å². The second kappa shape index (κ2) is 59.0. The summed E-state index contributed by atoms with van der Waals surface area (Å²) in [4.78, 5) is 2.61. The lowest BCUT2D eigenvalue weighted by Gasteiger charge is -2.16. The van der Waals surface area contributed by atoms with Crippen LogP contribution in [-0.2, 0) is 0 Å². The molecule has 0 atom stereocenters. The minimum Gasteiger partial charge on any atom is -0.306 e. The molecule has 0 amide bonds. The molecule has 0 heterocycles. The lowest BCUT2D eigenvalue weighted by Crippen LogP contribution is -2.20. The number of unbranched alkanes of at least 4 members (excludes halogenated alkanes) is 54. The summed E-state index contributed by atoms with van der Waals surface area (Å²) in [6, 6.07) is 0. The van der Waals surface area contributed by atoms with E-state index in [1.165, 1.54) is 373 Å². The molecule has 0 aromatic rings. The maximum absolute atomic E-state index is 2.61.